The predicted octanol–water partition coefficient (Wildman–Crippen LogP) is 2.48. The zero-order chi connectivity index (χ0) is 10.9. The van der Waals surface area contributed by atoms with Crippen LogP contribution in [0.25, 0.3) is 0 Å². The molecule has 0 aromatic carbocycles. The average molecular weight is 205 g/mol. The fourth-order valence-electron chi connectivity index (χ4n) is 1.59. The van der Waals surface area contributed by atoms with Crippen molar-refractivity contribution in [2.75, 3.05) is 6.54 Å². The molecule has 1 unspecified atom stereocenters. The van der Waals surface area contributed by atoms with Crippen LogP contribution in [-0.4, -0.2) is 16.5 Å². The zero-order valence-electron chi connectivity index (χ0n) is 9.32. The number of unbranched alkanes of at least 4 members (excludes halogenated alkanes) is 1. The molecule has 15 heavy (non-hydrogen) atoms. The van der Waals surface area contributed by atoms with Crippen LogP contribution in [0, 0.1) is 0 Å². The molecule has 0 bridgehead atoms. The monoisotopic (exact) mass is 205 g/mol. The second-order valence-corrected chi connectivity index (χ2v) is 3.50. The Labute approximate surface area is 91.7 Å². The number of nitrogens with zero attached hydrogens (tertiary/aromatic N) is 2. The summed E-state index contributed by atoms with van der Waals surface area (Å²) in [6, 6.07) is 0.371. The van der Waals surface area contributed by atoms with Gasteiger partial charge in [-0.25, -0.2) is 9.97 Å². The van der Waals surface area contributed by atoms with E-state index in [0.717, 1.165) is 25.8 Å². The number of aromatic nitrogens is 2. The second-order valence-electron chi connectivity index (χ2n) is 3.50. The second kappa shape index (κ2) is 7.12. The molecule has 1 aromatic heterocycles. The lowest BCUT2D eigenvalue weighted by Gasteiger charge is -2.16. The molecular formula is C12H19N3. The van der Waals surface area contributed by atoms with Gasteiger partial charge in [0.2, 0.25) is 0 Å². The lowest BCUT2D eigenvalue weighted by molar-refractivity contribution is 0.497. The maximum absolute atomic E-state index is 4.04. The van der Waals surface area contributed by atoms with Crippen LogP contribution in [0.1, 0.15) is 37.8 Å². The molecule has 0 aliphatic carbocycles. The number of hydrogen-bond acceptors (Lipinski definition) is 3. The number of hydrogen-bond donors (Lipinski definition) is 1. The molecule has 0 saturated heterocycles. The van der Waals surface area contributed by atoms with E-state index < -0.39 is 0 Å². The molecule has 82 valence electrons. The Morgan fingerprint density at radius 2 is 2.20 bits per heavy atom. The third-order valence-electron chi connectivity index (χ3n) is 2.33. The summed E-state index contributed by atoms with van der Waals surface area (Å²) in [4.78, 5) is 8.09. The molecule has 0 saturated carbocycles. The third-order valence-corrected chi connectivity index (χ3v) is 2.33. The van der Waals surface area contributed by atoms with Crippen molar-refractivity contribution in [3.8, 4) is 0 Å². The number of rotatable bonds is 7. The van der Waals surface area contributed by atoms with Gasteiger partial charge in [-0.15, -0.1) is 6.58 Å². The molecule has 1 atom stereocenters. The third kappa shape index (κ3) is 4.21. The van der Waals surface area contributed by atoms with Crippen LogP contribution in [0.2, 0.25) is 0 Å². The summed E-state index contributed by atoms with van der Waals surface area (Å²) in [6.45, 7) is 6.81. The van der Waals surface area contributed by atoms with E-state index in [1.807, 2.05) is 18.5 Å². The Kier molecular flexibility index (Phi) is 5.63. The first-order valence-electron chi connectivity index (χ1n) is 5.47. The zero-order valence-corrected chi connectivity index (χ0v) is 9.32. The highest BCUT2D eigenvalue weighted by Gasteiger charge is 2.09. The molecular weight excluding hydrogens is 186 g/mol. The predicted molar refractivity (Wildman–Crippen MR) is 62.5 cm³/mol. The van der Waals surface area contributed by atoms with Crippen molar-refractivity contribution in [3.05, 3.63) is 36.9 Å². The van der Waals surface area contributed by atoms with Gasteiger partial charge in [-0.1, -0.05) is 13.0 Å². The van der Waals surface area contributed by atoms with Gasteiger partial charge in [-0.2, -0.15) is 0 Å². The average Bonchev–Trinajstić information content (AvgIpc) is 2.29. The Hall–Kier alpha value is -1.22. The van der Waals surface area contributed by atoms with Crippen molar-refractivity contribution in [1.82, 2.24) is 15.3 Å². The molecule has 3 heteroatoms. The Morgan fingerprint density at radius 3 is 2.80 bits per heavy atom. The lowest BCUT2D eigenvalue weighted by Crippen LogP contribution is -2.21. The largest absolute Gasteiger partial charge is 0.310 e. The van der Waals surface area contributed by atoms with Gasteiger partial charge in [-0.05, 0) is 25.8 Å². The first-order valence-corrected chi connectivity index (χ1v) is 5.47. The van der Waals surface area contributed by atoms with E-state index in [-0.39, 0.29) is 0 Å². The molecule has 0 aliphatic heterocycles. The molecule has 0 fully saturated rings. The highest BCUT2D eigenvalue weighted by molar-refractivity contribution is 5.08. The van der Waals surface area contributed by atoms with Crippen LogP contribution >= 0.6 is 0 Å². The van der Waals surface area contributed by atoms with Crippen molar-refractivity contribution in [1.29, 1.82) is 0 Å². The summed E-state index contributed by atoms with van der Waals surface area (Å²) >= 11 is 0. The minimum atomic E-state index is 0.371. The Bertz CT molecular complexity index is 271. The quantitative estimate of drug-likeness (QED) is 0.549. The van der Waals surface area contributed by atoms with Crippen LogP contribution in [-0.2, 0) is 0 Å². The van der Waals surface area contributed by atoms with Crippen molar-refractivity contribution in [2.45, 2.75) is 32.2 Å². The molecule has 3 nitrogen and oxygen atoms in total. The molecule has 1 heterocycles. The summed E-state index contributed by atoms with van der Waals surface area (Å²) in [7, 11) is 0. The van der Waals surface area contributed by atoms with Gasteiger partial charge in [0.1, 0.15) is 6.33 Å². The van der Waals surface area contributed by atoms with Crippen LogP contribution in [0.3, 0.4) is 0 Å². The van der Waals surface area contributed by atoms with E-state index in [4.69, 9.17) is 0 Å². The van der Waals surface area contributed by atoms with E-state index in [2.05, 4.69) is 28.8 Å². The fourth-order valence-corrected chi connectivity index (χ4v) is 1.59. The van der Waals surface area contributed by atoms with Gasteiger partial charge in [0, 0.05) is 24.0 Å². The summed E-state index contributed by atoms with van der Waals surface area (Å²) in [5, 5.41) is 3.44. The Balaban J connectivity index is 2.53. The smallest absolute Gasteiger partial charge is 0.115 e. The van der Waals surface area contributed by atoms with E-state index in [1.54, 1.807) is 6.33 Å². The van der Waals surface area contributed by atoms with E-state index in [9.17, 15) is 0 Å². The summed E-state index contributed by atoms with van der Waals surface area (Å²) in [6.07, 6.45) is 10.6. The molecule has 1 rings (SSSR count). The molecule has 0 amide bonds. The van der Waals surface area contributed by atoms with Crippen molar-refractivity contribution in [3.63, 3.8) is 0 Å². The van der Waals surface area contributed by atoms with Crippen LogP contribution in [0.5, 0.6) is 0 Å². The van der Waals surface area contributed by atoms with Crippen molar-refractivity contribution < 1.29 is 0 Å². The molecule has 0 aliphatic rings. The number of allylic oxidation sites excluding steroid dienone is 1. The van der Waals surface area contributed by atoms with Gasteiger partial charge in [0.25, 0.3) is 0 Å². The van der Waals surface area contributed by atoms with Crippen molar-refractivity contribution >= 4 is 0 Å². The van der Waals surface area contributed by atoms with Gasteiger partial charge >= 0.3 is 0 Å². The first-order chi connectivity index (χ1) is 7.38. The van der Waals surface area contributed by atoms with Gasteiger partial charge in [0.05, 0.1) is 0 Å². The van der Waals surface area contributed by atoms with Gasteiger partial charge < -0.3 is 5.32 Å². The Morgan fingerprint density at radius 1 is 1.47 bits per heavy atom. The summed E-state index contributed by atoms with van der Waals surface area (Å²) in [5.74, 6) is 0. The minimum Gasteiger partial charge on any atom is -0.310 e. The normalized spacial score (nSPS) is 12.3. The highest BCUT2D eigenvalue weighted by atomic mass is 14.9. The highest BCUT2D eigenvalue weighted by Crippen LogP contribution is 2.17. The van der Waals surface area contributed by atoms with Gasteiger partial charge in [0.15, 0.2) is 0 Å². The molecule has 0 spiro atoms. The van der Waals surface area contributed by atoms with E-state index >= 15 is 0 Å². The van der Waals surface area contributed by atoms with Crippen LogP contribution in [0.15, 0.2) is 31.4 Å². The van der Waals surface area contributed by atoms with E-state index in [0.29, 0.717) is 6.04 Å². The van der Waals surface area contributed by atoms with Crippen molar-refractivity contribution in [2.24, 2.45) is 0 Å². The number of nitrogens with one attached hydrogen (secondary N) is 1. The maximum atomic E-state index is 4.04. The first kappa shape index (κ1) is 11.9. The topological polar surface area (TPSA) is 37.8 Å². The minimum absolute atomic E-state index is 0.371. The molecule has 1 aromatic rings. The van der Waals surface area contributed by atoms with Crippen LogP contribution < -0.4 is 5.32 Å². The van der Waals surface area contributed by atoms with Gasteiger partial charge in [-0.3, -0.25) is 0 Å². The molecule has 0 radical (unpaired) electrons. The standard InChI is InChI=1S/C12H19N3/c1-3-5-6-7-12(15-4-2)11-8-13-10-14-9-11/h3,8-10,12,15H,1,4-7H2,2H3. The fraction of sp³-hybridized carbons (Fsp3) is 0.500. The SMILES string of the molecule is C=CCCCC(NCC)c1cncnc1. The maximum Gasteiger partial charge on any atom is 0.115 e. The molecule has 1 N–H and O–H groups in total. The van der Waals surface area contributed by atoms with Crippen LogP contribution in [0.4, 0.5) is 0 Å². The lowest BCUT2D eigenvalue weighted by atomic mass is 10.0. The summed E-state index contributed by atoms with van der Waals surface area (Å²) in [5.41, 5.74) is 1.17. The summed E-state index contributed by atoms with van der Waals surface area (Å²) < 4.78 is 0. The van der Waals surface area contributed by atoms with E-state index in [1.165, 1.54) is 5.56 Å².